The van der Waals surface area contributed by atoms with Crippen LogP contribution in [0.1, 0.15) is 22.7 Å². The van der Waals surface area contributed by atoms with Crippen molar-refractivity contribution in [2.24, 2.45) is 5.84 Å². The number of nitrogens with one attached hydrogen (secondary N) is 1. The van der Waals surface area contributed by atoms with Crippen LogP contribution < -0.4 is 11.3 Å². The van der Waals surface area contributed by atoms with E-state index in [2.05, 4.69) is 11.7 Å². The molecule has 1 rings (SSSR count). The summed E-state index contributed by atoms with van der Waals surface area (Å²) in [4.78, 5) is 11.0. The number of hydrazine groups is 1. The average Bonchev–Trinajstić information content (AvgIpc) is 2.72. The van der Waals surface area contributed by atoms with Crippen LogP contribution in [0.2, 0.25) is 0 Å². The van der Waals surface area contributed by atoms with Gasteiger partial charge in [0.1, 0.15) is 6.61 Å². The lowest BCUT2D eigenvalue weighted by molar-refractivity contribution is 0.0940. The minimum atomic E-state index is -0.490. The van der Waals surface area contributed by atoms with Crippen molar-refractivity contribution in [2.45, 2.75) is 13.0 Å². The lowest BCUT2D eigenvalue weighted by Crippen LogP contribution is -2.30. The first kappa shape index (κ1) is 11.4. The summed E-state index contributed by atoms with van der Waals surface area (Å²) < 4.78 is 10.1. The number of carbonyl (C=O) groups is 1. The SMILES string of the molecule is C=CCCOCc1cc(C(=O)NN)no1. The van der Waals surface area contributed by atoms with Crippen molar-refractivity contribution >= 4 is 5.91 Å². The van der Waals surface area contributed by atoms with Crippen molar-refractivity contribution in [3.05, 3.63) is 30.2 Å². The van der Waals surface area contributed by atoms with E-state index in [1.54, 1.807) is 6.08 Å². The van der Waals surface area contributed by atoms with Crippen LogP contribution in [0, 0.1) is 0 Å². The molecule has 6 nitrogen and oxygen atoms in total. The predicted octanol–water partition coefficient (Wildman–Crippen LogP) is 0.371. The average molecular weight is 211 g/mol. The maximum atomic E-state index is 11.0. The molecule has 3 N–H and O–H groups in total. The molecule has 0 saturated heterocycles. The molecule has 0 unspecified atom stereocenters. The molecule has 0 aromatic carbocycles. The van der Waals surface area contributed by atoms with Gasteiger partial charge >= 0.3 is 0 Å². The minimum Gasteiger partial charge on any atom is -0.373 e. The van der Waals surface area contributed by atoms with E-state index >= 15 is 0 Å². The second-order valence-electron chi connectivity index (χ2n) is 2.78. The molecule has 0 fully saturated rings. The molecule has 0 bridgehead atoms. The van der Waals surface area contributed by atoms with E-state index in [1.807, 2.05) is 5.43 Å². The number of rotatable bonds is 6. The quantitative estimate of drug-likeness (QED) is 0.233. The first-order valence-corrected chi connectivity index (χ1v) is 4.43. The van der Waals surface area contributed by atoms with Gasteiger partial charge in [0, 0.05) is 6.07 Å². The smallest absolute Gasteiger partial charge is 0.287 e. The fourth-order valence-corrected chi connectivity index (χ4v) is 0.901. The van der Waals surface area contributed by atoms with Crippen molar-refractivity contribution in [3.8, 4) is 0 Å². The maximum absolute atomic E-state index is 11.0. The first-order valence-electron chi connectivity index (χ1n) is 4.43. The molecule has 6 heteroatoms. The highest BCUT2D eigenvalue weighted by Gasteiger charge is 2.10. The number of amides is 1. The van der Waals surface area contributed by atoms with Gasteiger partial charge in [-0.2, -0.15) is 0 Å². The fraction of sp³-hybridized carbons (Fsp3) is 0.333. The third-order valence-corrected chi connectivity index (χ3v) is 1.63. The Kier molecular flexibility index (Phi) is 4.52. The van der Waals surface area contributed by atoms with E-state index in [0.717, 1.165) is 6.42 Å². The van der Waals surface area contributed by atoms with Crippen molar-refractivity contribution < 1.29 is 14.1 Å². The molecule has 82 valence electrons. The van der Waals surface area contributed by atoms with Gasteiger partial charge in [-0.25, -0.2) is 5.84 Å². The number of nitrogens with two attached hydrogens (primary N) is 1. The largest absolute Gasteiger partial charge is 0.373 e. The second kappa shape index (κ2) is 5.94. The predicted molar refractivity (Wildman–Crippen MR) is 52.6 cm³/mol. The molecule has 1 aromatic heterocycles. The van der Waals surface area contributed by atoms with Crippen LogP contribution in [0.5, 0.6) is 0 Å². The highest BCUT2D eigenvalue weighted by molar-refractivity contribution is 5.91. The summed E-state index contributed by atoms with van der Waals surface area (Å²) in [7, 11) is 0. The molecule has 0 aliphatic rings. The van der Waals surface area contributed by atoms with Gasteiger partial charge in [-0.3, -0.25) is 10.2 Å². The number of aromatic nitrogens is 1. The molecule has 0 aliphatic carbocycles. The topological polar surface area (TPSA) is 90.4 Å². The van der Waals surface area contributed by atoms with E-state index in [0.29, 0.717) is 12.4 Å². The lowest BCUT2D eigenvalue weighted by atomic mass is 10.3. The molecule has 0 spiro atoms. The Hall–Kier alpha value is -1.66. The van der Waals surface area contributed by atoms with Crippen LogP contribution in [-0.4, -0.2) is 17.7 Å². The van der Waals surface area contributed by atoms with Gasteiger partial charge in [0.15, 0.2) is 11.5 Å². The molecule has 0 radical (unpaired) electrons. The number of carbonyl (C=O) groups excluding carboxylic acids is 1. The number of nitrogen functional groups attached to an aromatic ring is 1. The normalized spacial score (nSPS) is 9.93. The fourth-order valence-electron chi connectivity index (χ4n) is 0.901. The van der Waals surface area contributed by atoms with Gasteiger partial charge in [-0.15, -0.1) is 6.58 Å². The molecule has 15 heavy (non-hydrogen) atoms. The maximum Gasteiger partial charge on any atom is 0.287 e. The number of ether oxygens (including phenoxy) is 1. The second-order valence-corrected chi connectivity index (χ2v) is 2.78. The zero-order valence-corrected chi connectivity index (χ0v) is 8.23. The van der Waals surface area contributed by atoms with Crippen molar-refractivity contribution in [2.75, 3.05) is 6.61 Å². The monoisotopic (exact) mass is 211 g/mol. The molecule has 1 aromatic rings. The Labute approximate surface area is 87.0 Å². The third-order valence-electron chi connectivity index (χ3n) is 1.63. The van der Waals surface area contributed by atoms with Crippen LogP contribution in [0.4, 0.5) is 0 Å². The zero-order chi connectivity index (χ0) is 11.1. The molecule has 0 aliphatic heterocycles. The standard InChI is InChI=1S/C9H13N3O3/c1-2-3-4-14-6-7-5-8(12-15-7)9(13)11-10/h2,5H,1,3-4,6,10H2,(H,11,13). The van der Waals surface area contributed by atoms with Crippen molar-refractivity contribution in [1.82, 2.24) is 10.6 Å². The number of hydrogen-bond acceptors (Lipinski definition) is 5. The summed E-state index contributed by atoms with van der Waals surface area (Å²) in [5, 5.41) is 3.52. The van der Waals surface area contributed by atoms with Gasteiger partial charge in [0.2, 0.25) is 0 Å². The lowest BCUT2D eigenvalue weighted by Gasteiger charge is -1.96. The Morgan fingerprint density at radius 2 is 2.60 bits per heavy atom. The van der Waals surface area contributed by atoms with Gasteiger partial charge in [0.25, 0.3) is 5.91 Å². The zero-order valence-electron chi connectivity index (χ0n) is 8.23. The molecular weight excluding hydrogens is 198 g/mol. The third kappa shape index (κ3) is 3.53. The highest BCUT2D eigenvalue weighted by Crippen LogP contribution is 2.05. The van der Waals surface area contributed by atoms with Gasteiger partial charge in [-0.1, -0.05) is 11.2 Å². The molecule has 1 amide bonds. The van der Waals surface area contributed by atoms with E-state index in [1.165, 1.54) is 6.07 Å². The molecular formula is C9H13N3O3. The van der Waals surface area contributed by atoms with Crippen LogP contribution >= 0.6 is 0 Å². The first-order chi connectivity index (χ1) is 7.27. The van der Waals surface area contributed by atoms with Crippen molar-refractivity contribution in [1.29, 1.82) is 0 Å². The van der Waals surface area contributed by atoms with Crippen LogP contribution in [0.25, 0.3) is 0 Å². The van der Waals surface area contributed by atoms with Gasteiger partial charge in [0.05, 0.1) is 6.61 Å². The minimum absolute atomic E-state index is 0.139. The summed E-state index contributed by atoms with van der Waals surface area (Å²) in [6, 6.07) is 1.48. The summed E-state index contributed by atoms with van der Waals surface area (Å²) in [5.41, 5.74) is 2.09. The number of hydrogen-bond donors (Lipinski definition) is 2. The van der Waals surface area contributed by atoms with Gasteiger partial charge < -0.3 is 9.26 Å². The Morgan fingerprint density at radius 1 is 1.80 bits per heavy atom. The molecule has 1 heterocycles. The summed E-state index contributed by atoms with van der Waals surface area (Å²) >= 11 is 0. The molecule has 0 atom stereocenters. The highest BCUT2D eigenvalue weighted by atomic mass is 16.5. The Balaban J connectivity index is 2.39. The van der Waals surface area contributed by atoms with Crippen LogP contribution in [0.3, 0.4) is 0 Å². The van der Waals surface area contributed by atoms with E-state index in [4.69, 9.17) is 15.1 Å². The van der Waals surface area contributed by atoms with E-state index in [-0.39, 0.29) is 12.3 Å². The summed E-state index contributed by atoms with van der Waals surface area (Å²) in [6.07, 6.45) is 2.53. The van der Waals surface area contributed by atoms with Crippen LogP contribution in [-0.2, 0) is 11.3 Å². The van der Waals surface area contributed by atoms with E-state index < -0.39 is 5.91 Å². The van der Waals surface area contributed by atoms with E-state index in [9.17, 15) is 4.79 Å². The summed E-state index contributed by atoms with van der Waals surface area (Å²) in [5.74, 6) is 4.92. The summed E-state index contributed by atoms with van der Waals surface area (Å²) in [6.45, 7) is 4.40. The van der Waals surface area contributed by atoms with Gasteiger partial charge in [-0.05, 0) is 6.42 Å². The Bertz CT molecular complexity index is 335. The van der Waals surface area contributed by atoms with Crippen LogP contribution in [0.15, 0.2) is 23.2 Å². The Morgan fingerprint density at radius 3 is 3.27 bits per heavy atom. The molecule has 0 saturated carbocycles. The number of nitrogens with zero attached hydrogens (tertiary/aromatic N) is 1. The van der Waals surface area contributed by atoms with Crippen molar-refractivity contribution in [3.63, 3.8) is 0 Å².